The van der Waals surface area contributed by atoms with Crippen LogP contribution < -0.4 is 5.32 Å². The van der Waals surface area contributed by atoms with Crippen LogP contribution in [0.1, 0.15) is 51.6 Å². The Hall–Kier alpha value is -1.39. The van der Waals surface area contributed by atoms with Crippen molar-refractivity contribution >= 4 is 5.91 Å². The highest BCUT2D eigenvalue weighted by molar-refractivity contribution is 5.83. The van der Waals surface area contributed by atoms with E-state index in [0.29, 0.717) is 6.04 Å². The van der Waals surface area contributed by atoms with Crippen molar-refractivity contribution in [2.75, 3.05) is 32.7 Å². The minimum Gasteiger partial charge on any atom is -0.353 e. The van der Waals surface area contributed by atoms with Crippen LogP contribution in [0.2, 0.25) is 0 Å². The first-order chi connectivity index (χ1) is 11.7. The zero-order chi connectivity index (χ0) is 17.4. The van der Waals surface area contributed by atoms with Crippen LogP contribution in [0.3, 0.4) is 0 Å². The van der Waals surface area contributed by atoms with Crippen molar-refractivity contribution in [3.63, 3.8) is 0 Å². The number of hydrogen-bond donors (Lipinski definition) is 1. The van der Waals surface area contributed by atoms with Gasteiger partial charge in [0.1, 0.15) is 6.04 Å². The predicted octanol–water partition coefficient (Wildman–Crippen LogP) is 3.06. The standard InChI is InChI=1S/C20H33N3O/c1-4-22(5-2)19(17-12-8-7-9-13-17)20(24)21-16-18-14-10-11-15-23(18)6-3/h7-9,12-13,18-19H,4-6,10-11,14-16H2,1-3H3,(H,21,24). The average Bonchev–Trinajstić information content (AvgIpc) is 2.65. The highest BCUT2D eigenvalue weighted by Crippen LogP contribution is 2.21. The van der Waals surface area contributed by atoms with Gasteiger partial charge in [0.05, 0.1) is 0 Å². The van der Waals surface area contributed by atoms with Crippen LogP contribution in [0.15, 0.2) is 30.3 Å². The summed E-state index contributed by atoms with van der Waals surface area (Å²) >= 11 is 0. The number of carbonyl (C=O) groups excluding carboxylic acids is 1. The van der Waals surface area contributed by atoms with Gasteiger partial charge in [-0.3, -0.25) is 14.6 Å². The summed E-state index contributed by atoms with van der Waals surface area (Å²) in [5, 5.41) is 3.24. The molecule has 0 bridgehead atoms. The van der Waals surface area contributed by atoms with Gasteiger partial charge < -0.3 is 5.32 Å². The molecule has 1 heterocycles. The Morgan fingerprint density at radius 1 is 1.21 bits per heavy atom. The number of rotatable bonds is 8. The first-order valence-corrected chi connectivity index (χ1v) is 9.51. The largest absolute Gasteiger partial charge is 0.353 e. The molecule has 0 spiro atoms. The second kappa shape index (κ2) is 9.80. The van der Waals surface area contributed by atoms with Gasteiger partial charge in [0.2, 0.25) is 5.91 Å². The number of likely N-dealkylation sites (N-methyl/N-ethyl adjacent to an activating group) is 2. The molecule has 2 rings (SSSR count). The molecule has 24 heavy (non-hydrogen) atoms. The highest BCUT2D eigenvalue weighted by Gasteiger charge is 2.27. The average molecular weight is 332 g/mol. The molecule has 1 amide bonds. The van der Waals surface area contributed by atoms with Crippen molar-refractivity contribution in [2.45, 2.75) is 52.1 Å². The fraction of sp³-hybridized carbons (Fsp3) is 0.650. The molecule has 1 N–H and O–H groups in total. The Labute approximate surface area is 147 Å². The van der Waals surface area contributed by atoms with Crippen LogP contribution in [0.5, 0.6) is 0 Å². The molecule has 0 radical (unpaired) electrons. The first kappa shape index (κ1) is 18.9. The van der Waals surface area contributed by atoms with Crippen LogP contribution in [0.4, 0.5) is 0 Å². The Balaban J connectivity index is 2.04. The quantitative estimate of drug-likeness (QED) is 0.795. The summed E-state index contributed by atoms with van der Waals surface area (Å²) in [5.74, 6) is 0.131. The van der Waals surface area contributed by atoms with Crippen LogP contribution in [0.25, 0.3) is 0 Å². The summed E-state index contributed by atoms with van der Waals surface area (Å²) in [4.78, 5) is 17.7. The molecular weight excluding hydrogens is 298 g/mol. The van der Waals surface area contributed by atoms with Crippen LogP contribution >= 0.6 is 0 Å². The molecule has 0 aliphatic carbocycles. The second-order valence-corrected chi connectivity index (χ2v) is 6.56. The van der Waals surface area contributed by atoms with Gasteiger partial charge in [-0.25, -0.2) is 0 Å². The van der Waals surface area contributed by atoms with Gasteiger partial charge in [0.25, 0.3) is 0 Å². The number of nitrogens with one attached hydrogen (secondary N) is 1. The topological polar surface area (TPSA) is 35.6 Å². The lowest BCUT2D eigenvalue weighted by Crippen LogP contribution is -2.49. The Morgan fingerprint density at radius 3 is 2.54 bits per heavy atom. The maximum atomic E-state index is 13.0. The number of hydrogen-bond acceptors (Lipinski definition) is 3. The maximum absolute atomic E-state index is 13.0. The molecule has 1 aliphatic heterocycles. The normalized spacial score (nSPS) is 20.1. The van der Waals surface area contributed by atoms with E-state index < -0.39 is 0 Å². The molecule has 1 aliphatic rings. The third-order valence-corrected chi connectivity index (χ3v) is 5.21. The van der Waals surface area contributed by atoms with E-state index in [1.165, 1.54) is 19.3 Å². The number of carbonyl (C=O) groups is 1. The molecule has 2 atom stereocenters. The van der Waals surface area contributed by atoms with Crippen LogP contribution in [-0.4, -0.2) is 54.5 Å². The fourth-order valence-electron chi connectivity index (χ4n) is 3.77. The van der Waals surface area contributed by atoms with E-state index in [2.05, 4.69) is 48.0 Å². The summed E-state index contributed by atoms with van der Waals surface area (Å²) in [6.45, 7) is 11.2. The van der Waals surface area contributed by atoms with Crippen LogP contribution in [0, 0.1) is 0 Å². The molecule has 4 heteroatoms. The lowest BCUT2D eigenvalue weighted by Gasteiger charge is -2.36. The van der Waals surface area contributed by atoms with Gasteiger partial charge in [0.15, 0.2) is 0 Å². The van der Waals surface area contributed by atoms with Crippen molar-refractivity contribution in [3.05, 3.63) is 35.9 Å². The Morgan fingerprint density at radius 2 is 1.92 bits per heavy atom. The molecule has 0 saturated carbocycles. The lowest BCUT2D eigenvalue weighted by molar-refractivity contribution is -0.127. The minimum atomic E-state index is -0.195. The third kappa shape index (κ3) is 4.81. The van der Waals surface area contributed by atoms with E-state index in [9.17, 15) is 4.79 Å². The van der Waals surface area contributed by atoms with Gasteiger partial charge in [-0.05, 0) is 44.6 Å². The SMILES string of the molecule is CCN1CCCCC1CNC(=O)C(c1ccccc1)N(CC)CC. The van der Waals surface area contributed by atoms with E-state index >= 15 is 0 Å². The van der Waals surface area contributed by atoms with Crippen molar-refractivity contribution in [1.29, 1.82) is 0 Å². The smallest absolute Gasteiger partial charge is 0.242 e. The monoisotopic (exact) mass is 331 g/mol. The number of benzene rings is 1. The Bertz CT molecular complexity index is 487. The highest BCUT2D eigenvalue weighted by atomic mass is 16.2. The molecule has 1 saturated heterocycles. The molecular formula is C20H33N3O. The molecule has 2 unspecified atom stereocenters. The van der Waals surface area contributed by atoms with Gasteiger partial charge in [0, 0.05) is 12.6 Å². The van der Waals surface area contributed by atoms with E-state index in [1.807, 2.05) is 18.2 Å². The van der Waals surface area contributed by atoms with Crippen molar-refractivity contribution in [1.82, 2.24) is 15.1 Å². The molecule has 4 nitrogen and oxygen atoms in total. The summed E-state index contributed by atoms with van der Waals surface area (Å²) in [5.41, 5.74) is 1.08. The van der Waals surface area contributed by atoms with Gasteiger partial charge in [-0.1, -0.05) is 57.5 Å². The van der Waals surface area contributed by atoms with E-state index in [1.54, 1.807) is 0 Å². The van der Waals surface area contributed by atoms with Crippen molar-refractivity contribution < 1.29 is 4.79 Å². The van der Waals surface area contributed by atoms with Gasteiger partial charge in [-0.2, -0.15) is 0 Å². The summed E-state index contributed by atoms with van der Waals surface area (Å²) in [7, 11) is 0. The lowest BCUT2D eigenvalue weighted by atomic mass is 10.0. The van der Waals surface area contributed by atoms with E-state index in [4.69, 9.17) is 0 Å². The van der Waals surface area contributed by atoms with Crippen LogP contribution in [-0.2, 0) is 4.79 Å². The molecule has 1 fully saturated rings. The molecule has 1 aromatic rings. The summed E-state index contributed by atoms with van der Waals surface area (Å²) in [6, 6.07) is 10.4. The summed E-state index contributed by atoms with van der Waals surface area (Å²) in [6.07, 6.45) is 3.75. The molecule has 1 aromatic carbocycles. The predicted molar refractivity (Wildman–Crippen MR) is 100.0 cm³/mol. The number of likely N-dealkylation sites (tertiary alicyclic amines) is 1. The zero-order valence-corrected chi connectivity index (χ0v) is 15.5. The maximum Gasteiger partial charge on any atom is 0.242 e. The van der Waals surface area contributed by atoms with Gasteiger partial charge in [-0.15, -0.1) is 0 Å². The minimum absolute atomic E-state index is 0.131. The zero-order valence-electron chi connectivity index (χ0n) is 15.5. The first-order valence-electron chi connectivity index (χ1n) is 9.51. The van der Waals surface area contributed by atoms with E-state index in [0.717, 1.165) is 38.3 Å². The fourth-order valence-corrected chi connectivity index (χ4v) is 3.77. The Kier molecular flexibility index (Phi) is 7.73. The molecule has 0 aromatic heterocycles. The third-order valence-electron chi connectivity index (χ3n) is 5.21. The van der Waals surface area contributed by atoms with Crippen molar-refractivity contribution in [2.24, 2.45) is 0 Å². The van der Waals surface area contributed by atoms with Crippen molar-refractivity contribution in [3.8, 4) is 0 Å². The molecule has 134 valence electrons. The number of amides is 1. The van der Waals surface area contributed by atoms with E-state index in [-0.39, 0.29) is 11.9 Å². The number of piperidine rings is 1. The summed E-state index contributed by atoms with van der Waals surface area (Å²) < 4.78 is 0. The van der Waals surface area contributed by atoms with Gasteiger partial charge >= 0.3 is 0 Å². The second-order valence-electron chi connectivity index (χ2n) is 6.56. The number of nitrogens with zero attached hydrogens (tertiary/aromatic N) is 2.